The third-order valence-corrected chi connectivity index (χ3v) is 5.15. The van der Waals surface area contributed by atoms with Crippen LogP contribution in [0.15, 0.2) is 24.5 Å². The van der Waals surface area contributed by atoms with Crippen molar-refractivity contribution >= 4 is 23.2 Å². The van der Waals surface area contributed by atoms with Crippen molar-refractivity contribution in [3.63, 3.8) is 0 Å². The van der Waals surface area contributed by atoms with Crippen LogP contribution in [0.25, 0.3) is 0 Å². The number of hydrogen-bond donors (Lipinski definition) is 4. The Morgan fingerprint density at radius 3 is 2.70 bits per heavy atom. The van der Waals surface area contributed by atoms with Gasteiger partial charge in [0.2, 0.25) is 0 Å². The van der Waals surface area contributed by atoms with Gasteiger partial charge in [-0.25, -0.2) is 18.7 Å². The van der Waals surface area contributed by atoms with Crippen LogP contribution in [0.2, 0.25) is 0 Å². The minimum absolute atomic E-state index is 0.0376. The molecule has 1 aliphatic heterocycles. The smallest absolute Gasteiger partial charge is 0.255 e. The Morgan fingerprint density at radius 2 is 2.06 bits per heavy atom. The third kappa shape index (κ3) is 6.57. The molecule has 11 heteroatoms. The van der Waals surface area contributed by atoms with Gasteiger partial charge in [0.1, 0.15) is 18.1 Å². The minimum Gasteiger partial charge on any atom is -0.387 e. The number of amides is 1. The number of nitriles is 1. The summed E-state index contributed by atoms with van der Waals surface area (Å²) >= 11 is 0. The number of nitrogens with one attached hydrogen (secondary N) is 3. The molecule has 1 fully saturated rings. The van der Waals surface area contributed by atoms with Crippen molar-refractivity contribution in [2.75, 3.05) is 30.4 Å². The number of pyridine rings is 2. The number of aromatic nitrogens is 2. The van der Waals surface area contributed by atoms with Crippen LogP contribution in [0.5, 0.6) is 0 Å². The van der Waals surface area contributed by atoms with Gasteiger partial charge in [-0.05, 0) is 32.8 Å². The van der Waals surface area contributed by atoms with Gasteiger partial charge < -0.3 is 25.8 Å². The fraction of sp³-hybridized carbons (Fsp3) is 0.455. The Labute approximate surface area is 190 Å². The molecule has 0 aliphatic carbocycles. The highest BCUT2D eigenvalue weighted by atomic mass is 19.1. The first kappa shape index (κ1) is 24.3. The van der Waals surface area contributed by atoms with Crippen LogP contribution < -0.4 is 16.0 Å². The van der Waals surface area contributed by atoms with E-state index in [9.17, 15) is 18.7 Å². The molecule has 9 nitrogen and oxygen atoms in total. The monoisotopic (exact) mass is 460 g/mol. The number of halogens is 2. The van der Waals surface area contributed by atoms with E-state index in [-0.39, 0.29) is 35.3 Å². The van der Waals surface area contributed by atoms with Crippen molar-refractivity contribution in [1.82, 2.24) is 15.3 Å². The van der Waals surface area contributed by atoms with Gasteiger partial charge in [0.05, 0.1) is 29.0 Å². The van der Waals surface area contributed by atoms with Crippen molar-refractivity contribution in [2.24, 2.45) is 0 Å². The largest absolute Gasteiger partial charge is 0.387 e. The molecule has 0 aromatic carbocycles. The van der Waals surface area contributed by atoms with Crippen LogP contribution in [-0.2, 0) is 4.74 Å². The van der Waals surface area contributed by atoms with Crippen LogP contribution in [0.1, 0.15) is 42.6 Å². The number of nitrogens with zero attached hydrogens (tertiary/aromatic N) is 3. The van der Waals surface area contributed by atoms with Gasteiger partial charge in [-0.15, -0.1) is 0 Å². The third-order valence-electron chi connectivity index (χ3n) is 5.15. The maximum absolute atomic E-state index is 14.2. The van der Waals surface area contributed by atoms with Crippen LogP contribution >= 0.6 is 0 Å². The molecular weight excluding hydrogens is 434 g/mol. The maximum atomic E-state index is 14.2. The van der Waals surface area contributed by atoms with E-state index in [1.54, 1.807) is 0 Å². The summed E-state index contributed by atoms with van der Waals surface area (Å²) in [5, 5.41) is 27.1. The van der Waals surface area contributed by atoms with Crippen LogP contribution in [0, 0.1) is 17.1 Å². The lowest BCUT2D eigenvalue weighted by Crippen LogP contribution is -2.42. The molecule has 1 amide bonds. The number of aliphatic hydroxyl groups is 1. The van der Waals surface area contributed by atoms with Gasteiger partial charge in [0, 0.05) is 37.7 Å². The van der Waals surface area contributed by atoms with Gasteiger partial charge in [-0.2, -0.15) is 5.26 Å². The Hall–Kier alpha value is -3.36. The molecule has 176 valence electrons. The molecule has 3 rings (SSSR count). The number of ether oxygens (including phenoxy) is 1. The summed E-state index contributed by atoms with van der Waals surface area (Å²) in [7, 11) is 0. The second-order valence-corrected chi connectivity index (χ2v) is 8.27. The van der Waals surface area contributed by atoms with Crippen molar-refractivity contribution in [3.8, 4) is 6.07 Å². The van der Waals surface area contributed by atoms with E-state index in [1.807, 2.05) is 6.07 Å². The van der Waals surface area contributed by atoms with E-state index in [2.05, 4.69) is 25.9 Å². The molecule has 0 radical (unpaired) electrons. The van der Waals surface area contributed by atoms with Gasteiger partial charge >= 0.3 is 0 Å². The van der Waals surface area contributed by atoms with E-state index in [0.717, 1.165) is 18.9 Å². The molecule has 0 bridgehead atoms. The molecule has 2 aromatic heterocycles. The number of alkyl halides is 1. The normalized spacial score (nSPS) is 15.4. The first-order valence-electron chi connectivity index (χ1n) is 10.5. The summed E-state index contributed by atoms with van der Waals surface area (Å²) in [6, 6.07) is 4.43. The van der Waals surface area contributed by atoms with Gasteiger partial charge in [0.15, 0.2) is 11.6 Å². The number of carbonyl (C=O) groups excluding carboxylic acids is 1. The first-order valence-corrected chi connectivity index (χ1v) is 10.5. The first-order chi connectivity index (χ1) is 15.7. The standard InChI is InChI=1S/C22H26F2N6O3/c1-22(2,32)18(24)12-28-21(31)15-11-26-19(8-17(15)29-14-3-5-33-6-4-14)30-20-16(23)7-13(9-25)10-27-20/h7-8,10-11,14,18,32H,3-6,12H2,1-2H3,(H,28,31)(H2,26,27,29,30). The summed E-state index contributed by atoms with van der Waals surface area (Å²) < 4.78 is 33.7. The predicted molar refractivity (Wildman–Crippen MR) is 117 cm³/mol. The zero-order valence-corrected chi connectivity index (χ0v) is 18.4. The molecule has 2 aromatic rings. The highest BCUT2D eigenvalue weighted by Gasteiger charge is 2.27. The van der Waals surface area contributed by atoms with Crippen molar-refractivity contribution in [2.45, 2.75) is 44.5 Å². The molecule has 3 heterocycles. The molecule has 1 atom stereocenters. The van der Waals surface area contributed by atoms with E-state index < -0.39 is 23.5 Å². The topological polar surface area (TPSA) is 132 Å². The SMILES string of the molecule is CC(C)(O)C(F)CNC(=O)c1cnc(Nc2ncc(C#N)cc2F)cc1NC1CCOCC1. The molecule has 0 saturated carbocycles. The van der Waals surface area contributed by atoms with Crippen molar-refractivity contribution in [1.29, 1.82) is 5.26 Å². The lowest BCUT2D eigenvalue weighted by atomic mass is 10.0. The predicted octanol–water partition coefficient (Wildman–Crippen LogP) is 2.66. The fourth-order valence-corrected chi connectivity index (χ4v) is 3.13. The van der Waals surface area contributed by atoms with E-state index in [4.69, 9.17) is 10.00 Å². The quantitative estimate of drug-likeness (QED) is 0.473. The Morgan fingerprint density at radius 1 is 1.33 bits per heavy atom. The number of anilines is 3. The number of hydrogen-bond acceptors (Lipinski definition) is 8. The lowest BCUT2D eigenvalue weighted by molar-refractivity contribution is -0.00177. The number of rotatable bonds is 8. The lowest BCUT2D eigenvalue weighted by Gasteiger charge is -2.26. The highest BCUT2D eigenvalue weighted by Crippen LogP contribution is 2.25. The summed E-state index contributed by atoms with van der Waals surface area (Å²) in [6.45, 7) is 3.41. The molecule has 1 unspecified atom stereocenters. The van der Waals surface area contributed by atoms with E-state index in [1.165, 1.54) is 32.3 Å². The molecule has 1 aliphatic rings. The van der Waals surface area contributed by atoms with Crippen molar-refractivity contribution in [3.05, 3.63) is 41.5 Å². The molecule has 4 N–H and O–H groups in total. The molecule has 1 saturated heterocycles. The van der Waals surface area contributed by atoms with Gasteiger partial charge in [-0.1, -0.05) is 0 Å². The van der Waals surface area contributed by atoms with Crippen LogP contribution in [0.4, 0.5) is 26.1 Å². The average molecular weight is 460 g/mol. The number of carbonyl (C=O) groups is 1. The van der Waals surface area contributed by atoms with Crippen molar-refractivity contribution < 1.29 is 23.4 Å². The fourth-order valence-electron chi connectivity index (χ4n) is 3.13. The van der Waals surface area contributed by atoms with E-state index >= 15 is 0 Å². The van der Waals surface area contributed by atoms with Crippen LogP contribution in [0.3, 0.4) is 0 Å². The summed E-state index contributed by atoms with van der Waals surface area (Å²) in [6.07, 6.45) is 2.31. The van der Waals surface area contributed by atoms with Gasteiger partial charge in [0.25, 0.3) is 5.91 Å². The van der Waals surface area contributed by atoms with E-state index in [0.29, 0.717) is 18.9 Å². The molecular formula is C22H26F2N6O3. The zero-order valence-electron chi connectivity index (χ0n) is 18.4. The molecule has 0 spiro atoms. The summed E-state index contributed by atoms with van der Waals surface area (Å²) in [4.78, 5) is 20.8. The van der Waals surface area contributed by atoms with Crippen LogP contribution in [-0.4, -0.2) is 58.6 Å². The second kappa shape index (κ2) is 10.5. The Balaban J connectivity index is 1.83. The summed E-state index contributed by atoms with van der Waals surface area (Å²) in [5.74, 6) is -1.20. The Kier molecular flexibility index (Phi) is 7.73. The average Bonchev–Trinajstić information content (AvgIpc) is 2.78. The highest BCUT2D eigenvalue weighted by molar-refractivity contribution is 5.99. The Bertz CT molecular complexity index is 1030. The second-order valence-electron chi connectivity index (χ2n) is 8.27. The summed E-state index contributed by atoms with van der Waals surface area (Å²) in [5.41, 5.74) is -0.925. The minimum atomic E-state index is -1.66. The molecule has 33 heavy (non-hydrogen) atoms. The van der Waals surface area contributed by atoms with Gasteiger partial charge in [-0.3, -0.25) is 4.79 Å². The zero-order chi connectivity index (χ0) is 24.0. The maximum Gasteiger partial charge on any atom is 0.255 e.